The molecule has 1 fully saturated rings. The second-order valence-corrected chi connectivity index (χ2v) is 7.13. The number of nitrogens with zero attached hydrogens (tertiary/aromatic N) is 1. The van der Waals surface area contributed by atoms with Crippen LogP contribution in [0.1, 0.15) is 32.3 Å². The van der Waals surface area contributed by atoms with Crippen LogP contribution in [0.2, 0.25) is 0 Å². The number of benzene rings is 1. The van der Waals surface area contributed by atoms with Crippen LogP contribution < -0.4 is 10.2 Å². The van der Waals surface area contributed by atoms with Crippen LogP contribution in [0.3, 0.4) is 0 Å². The zero-order valence-corrected chi connectivity index (χ0v) is 14.9. The molecule has 1 aliphatic heterocycles. The molecule has 0 bridgehead atoms. The van der Waals surface area contributed by atoms with Gasteiger partial charge in [0.15, 0.2) is 0 Å². The van der Waals surface area contributed by atoms with Crippen molar-refractivity contribution in [1.82, 2.24) is 5.32 Å². The average molecular weight is 355 g/mol. The lowest BCUT2D eigenvalue weighted by Gasteiger charge is -2.28. The third-order valence-corrected chi connectivity index (χ3v) is 4.70. The van der Waals surface area contributed by atoms with Gasteiger partial charge in [-0.15, -0.1) is 0 Å². The topological polar surface area (TPSA) is 24.5 Å². The molecule has 2 rings (SSSR count). The molecule has 1 aromatic rings. The summed E-state index contributed by atoms with van der Waals surface area (Å²) in [6.07, 6.45) is 2.48. The molecule has 1 unspecified atom stereocenters. The van der Waals surface area contributed by atoms with Gasteiger partial charge in [-0.1, -0.05) is 35.8 Å². The molecule has 21 heavy (non-hydrogen) atoms. The van der Waals surface area contributed by atoms with E-state index in [2.05, 4.69) is 65.2 Å². The van der Waals surface area contributed by atoms with Crippen LogP contribution in [0, 0.1) is 5.92 Å². The Hall–Kier alpha value is -0.580. The minimum absolute atomic E-state index is 0.505. The van der Waals surface area contributed by atoms with Crippen LogP contribution in [0.15, 0.2) is 22.7 Å². The lowest BCUT2D eigenvalue weighted by atomic mass is 10.0. The molecule has 4 heteroatoms. The average Bonchev–Trinajstić information content (AvgIpc) is 2.46. The first-order chi connectivity index (χ1) is 10.1. The van der Waals surface area contributed by atoms with Gasteiger partial charge in [-0.25, -0.2) is 0 Å². The molecule has 1 aliphatic rings. The molecule has 0 radical (unpaired) electrons. The molecule has 1 atom stereocenters. The lowest BCUT2D eigenvalue weighted by Crippen LogP contribution is -2.30. The Kier molecular flexibility index (Phi) is 6.52. The summed E-state index contributed by atoms with van der Waals surface area (Å²) in [6.45, 7) is 8.14. The zero-order valence-electron chi connectivity index (χ0n) is 13.4. The van der Waals surface area contributed by atoms with E-state index in [9.17, 15) is 0 Å². The van der Waals surface area contributed by atoms with Crippen molar-refractivity contribution in [3.05, 3.63) is 28.2 Å². The molecule has 1 saturated heterocycles. The third-order valence-electron chi connectivity index (χ3n) is 3.96. The first kappa shape index (κ1) is 16.8. The molecule has 0 aliphatic carbocycles. The summed E-state index contributed by atoms with van der Waals surface area (Å²) in [4.78, 5) is 2.34. The summed E-state index contributed by atoms with van der Waals surface area (Å²) in [7, 11) is 2.17. The standard InChI is InChI=1S/C17H27BrN2O/c1-13(2)19-10-15-6-7-16(9-17(15)18)20(3)11-14-5-4-8-21-12-14/h6-7,9,13-14,19H,4-5,8,10-12H2,1-3H3. The van der Waals surface area contributed by atoms with Crippen molar-refractivity contribution in [2.75, 3.05) is 31.7 Å². The number of halogens is 1. The molecular weight excluding hydrogens is 328 g/mol. The summed E-state index contributed by atoms with van der Waals surface area (Å²) < 4.78 is 6.75. The highest BCUT2D eigenvalue weighted by atomic mass is 79.9. The van der Waals surface area contributed by atoms with E-state index in [1.54, 1.807) is 0 Å². The molecule has 0 amide bonds. The first-order valence-electron chi connectivity index (χ1n) is 7.87. The van der Waals surface area contributed by atoms with Crippen molar-refractivity contribution in [1.29, 1.82) is 0 Å². The second-order valence-electron chi connectivity index (χ2n) is 6.28. The van der Waals surface area contributed by atoms with Crippen LogP contribution in [-0.4, -0.2) is 32.8 Å². The molecule has 1 aromatic carbocycles. The van der Waals surface area contributed by atoms with Gasteiger partial charge in [0.2, 0.25) is 0 Å². The minimum atomic E-state index is 0.505. The Morgan fingerprint density at radius 3 is 2.86 bits per heavy atom. The Balaban J connectivity index is 1.94. The molecule has 0 saturated carbocycles. The third kappa shape index (κ3) is 5.28. The summed E-state index contributed by atoms with van der Waals surface area (Å²) >= 11 is 3.70. The lowest BCUT2D eigenvalue weighted by molar-refractivity contribution is 0.0576. The Morgan fingerprint density at radius 2 is 2.24 bits per heavy atom. The van der Waals surface area contributed by atoms with Crippen molar-refractivity contribution < 1.29 is 4.74 Å². The Bertz CT molecular complexity index is 444. The van der Waals surface area contributed by atoms with Crippen molar-refractivity contribution in [3.8, 4) is 0 Å². The maximum atomic E-state index is 5.57. The Morgan fingerprint density at radius 1 is 1.43 bits per heavy atom. The van der Waals surface area contributed by atoms with E-state index in [1.165, 1.54) is 28.6 Å². The zero-order chi connectivity index (χ0) is 15.2. The molecule has 1 heterocycles. The molecule has 0 aromatic heterocycles. The number of ether oxygens (including phenoxy) is 1. The summed E-state index contributed by atoms with van der Waals surface area (Å²) in [5.41, 5.74) is 2.57. The number of hydrogen-bond acceptors (Lipinski definition) is 3. The molecular formula is C17H27BrN2O. The van der Waals surface area contributed by atoms with E-state index < -0.39 is 0 Å². The van der Waals surface area contributed by atoms with Crippen LogP contribution >= 0.6 is 15.9 Å². The van der Waals surface area contributed by atoms with Crippen LogP contribution in [0.25, 0.3) is 0 Å². The fourth-order valence-electron chi connectivity index (χ4n) is 2.68. The Labute approximate surface area is 137 Å². The highest BCUT2D eigenvalue weighted by Gasteiger charge is 2.16. The van der Waals surface area contributed by atoms with Gasteiger partial charge in [-0.05, 0) is 36.5 Å². The first-order valence-corrected chi connectivity index (χ1v) is 8.66. The summed E-state index contributed by atoms with van der Waals surface area (Å²) in [6, 6.07) is 7.15. The van der Waals surface area contributed by atoms with E-state index in [0.717, 1.165) is 26.3 Å². The van der Waals surface area contributed by atoms with Crippen LogP contribution in [0.4, 0.5) is 5.69 Å². The fraction of sp³-hybridized carbons (Fsp3) is 0.647. The highest BCUT2D eigenvalue weighted by Crippen LogP contribution is 2.25. The van der Waals surface area contributed by atoms with Crippen LogP contribution in [-0.2, 0) is 11.3 Å². The van der Waals surface area contributed by atoms with E-state index >= 15 is 0 Å². The largest absolute Gasteiger partial charge is 0.381 e. The molecule has 1 N–H and O–H groups in total. The highest BCUT2D eigenvalue weighted by molar-refractivity contribution is 9.10. The number of rotatable bonds is 6. The second kappa shape index (κ2) is 8.16. The van der Waals surface area contributed by atoms with Crippen molar-refractivity contribution >= 4 is 21.6 Å². The van der Waals surface area contributed by atoms with Crippen molar-refractivity contribution in [2.24, 2.45) is 5.92 Å². The predicted molar refractivity (Wildman–Crippen MR) is 92.9 cm³/mol. The molecule has 3 nitrogen and oxygen atoms in total. The van der Waals surface area contributed by atoms with Gasteiger partial charge in [-0.2, -0.15) is 0 Å². The van der Waals surface area contributed by atoms with E-state index in [-0.39, 0.29) is 0 Å². The van der Waals surface area contributed by atoms with Gasteiger partial charge < -0.3 is 15.0 Å². The number of nitrogens with one attached hydrogen (secondary N) is 1. The quantitative estimate of drug-likeness (QED) is 0.840. The van der Waals surface area contributed by atoms with Gasteiger partial charge in [-0.3, -0.25) is 0 Å². The maximum absolute atomic E-state index is 5.57. The van der Waals surface area contributed by atoms with E-state index in [0.29, 0.717) is 12.0 Å². The van der Waals surface area contributed by atoms with Gasteiger partial charge in [0.25, 0.3) is 0 Å². The normalized spacial score (nSPS) is 19.0. The SMILES string of the molecule is CC(C)NCc1ccc(N(C)CC2CCCOC2)cc1Br. The summed E-state index contributed by atoms with van der Waals surface area (Å²) in [5.74, 6) is 0.657. The van der Waals surface area contributed by atoms with E-state index in [4.69, 9.17) is 4.74 Å². The molecule has 118 valence electrons. The minimum Gasteiger partial charge on any atom is -0.381 e. The van der Waals surface area contributed by atoms with Gasteiger partial charge in [0, 0.05) is 42.9 Å². The van der Waals surface area contributed by atoms with Crippen molar-refractivity contribution in [2.45, 2.75) is 39.3 Å². The van der Waals surface area contributed by atoms with Gasteiger partial charge in [0.05, 0.1) is 6.61 Å². The van der Waals surface area contributed by atoms with Gasteiger partial charge in [0.1, 0.15) is 0 Å². The van der Waals surface area contributed by atoms with Crippen molar-refractivity contribution in [3.63, 3.8) is 0 Å². The molecule has 0 spiro atoms. The number of anilines is 1. The smallest absolute Gasteiger partial charge is 0.0511 e. The maximum Gasteiger partial charge on any atom is 0.0511 e. The van der Waals surface area contributed by atoms with Crippen LogP contribution in [0.5, 0.6) is 0 Å². The number of hydrogen-bond donors (Lipinski definition) is 1. The fourth-order valence-corrected chi connectivity index (χ4v) is 3.18. The van der Waals surface area contributed by atoms with E-state index in [1.807, 2.05) is 0 Å². The predicted octanol–water partition coefficient (Wildman–Crippen LogP) is 3.81. The monoisotopic (exact) mass is 354 g/mol. The summed E-state index contributed by atoms with van der Waals surface area (Å²) in [5, 5.41) is 3.46. The van der Waals surface area contributed by atoms with Gasteiger partial charge >= 0.3 is 0 Å².